The molecule has 0 aliphatic carbocycles. The quantitative estimate of drug-likeness (QED) is 0.929. The van der Waals surface area contributed by atoms with Gasteiger partial charge in [0, 0.05) is 42.8 Å². The number of carbonyl (C=O) groups is 1. The lowest BCUT2D eigenvalue weighted by molar-refractivity contribution is 0.0737. The normalized spacial score (nSPS) is 18.1. The molecule has 1 unspecified atom stereocenters. The van der Waals surface area contributed by atoms with E-state index in [1.807, 2.05) is 47.0 Å². The van der Waals surface area contributed by atoms with Crippen LogP contribution in [0.2, 0.25) is 0 Å². The number of nitrogens with one attached hydrogen (secondary N) is 1. The van der Waals surface area contributed by atoms with Crippen LogP contribution in [0.4, 0.5) is 0 Å². The molecule has 5 nitrogen and oxygen atoms in total. The molecule has 0 spiro atoms. The Hall–Kier alpha value is -2.14. The molecule has 1 amide bonds. The van der Waals surface area contributed by atoms with Crippen LogP contribution in [0.15, 0.2) is 43.0 Å². The van der Waals surface area contributed by atoms with Gasteiger partial charge in [-0.25, -0.2) is 4.98 Å². The number of rotatable bonds is 4. The lowest BCUT2D eigenvalue weighted by Crippen LogP contribution is -2.40. The highest BCUT2D eigenvalue weighted by atomic mass is 16.2. The van der Waals surface area contributed by atoms with Crippen LogP contribution in [0, 0.1) is 0 Å². The first-order valence-electron chi connectivity index (χ1n) is 7.33. The van der Waals surface area contributed by atoms with E-state index < -0.39 is 0 Å². The first kappa shape index (κ1) is 13.8. The summed E-state index contributed by atoms with van der Waals surface area (Å²) in [7, 11) is 1.93. The molecule has 1 aliphatic heterocycles. The number of carbonyl (C=O) groups excluding carboxylic acids is 1. The van der Waals surface area contributed by atoms with Gasteiger partial charge in [0.25, 0.3) is 5.91 Å². The van der Waals surface area contributed by atoms with Crippen molar-refractivity contribution in [3.8, 4) is 5.69 Å². The summed E-state index contributed by atoms with van der Waals surface area (Å²) in [5, 5.41) is 3.17. The van der Waals surface area contributed by atoms with Crippen LogP contribution in [-0.4, -0.2) is 46.5 Å². The van der Waals surface area contributed by atoms with Gasteiger partial charge < -0.3 is 14.8 Å². The van der Waals surface area contributed by atoms with Gasteiger partial charge in [-0.2, -0.15) is 0 Å². The maximum atomic E-state index is 12.7. The zero-order chi connectivity index (χ0) is 14.7. The molecule has 0 bridgehead atoms. The van der Waals surface area contributed by atoms with E-state index in [1.54, 1.807) is 12.5 Å². The summed E-state index contributed by atoms with van der Waals surface area (Å²) < 4.78 is 1.91. The third kappa shape index (κ3) is 2.83. The van der Waals surface area contributed by atoms with Crippen molar-refractivity contribution < 1.29 is 4.79 Å². The number of likely N-dealkylation sites (N-methyl/N-ethyl adjacent to an activating group) is 1. The van der Waals surface area contributed by atoms with Crippen LogP contribution >= 0.6 is 0 Å². The minimum Gasteiger partial charge on any atom is -0.334 e. The van der Waals surface area contributed by atoms with Crippen molar-refractivity contribution in [1.82, 2.24) is 19.8 Å². The molecule has 1 aromatic heterocycles. The molecule has 5 heteroatoms. The summed E-state index contributed by atoms with van der Waals surface area (Å²) >= 11 is 0. The summed E-state index contributed by atoms with van der Waals surface area (Å²) in [6.45, 7) is 1.70. The van der Waals surface area contributed by atoms with E-state index in [9.17, 15) is 4.79 Å². The molecule has 1 aliphatic rings. The van der Waals surface area contributed by atoms with Crippen molar-refractivity contribution in [2.75, 3.05) is 20.1 Å². The molecule has 21 heavy (non-hydrogen) atoms. The number of imidazole rings is 1. The molecule has 1 atom stereocenters. The smallest absolute Gasteiger partial charge is 0.254 e. The lowest BCUT2D eigenvalue weighted by Gasteiger charge is -2.24. The molecule has 0 radical (unpaired) electrons. The Kier molecular flexibility index (Phi) is 4.01. The fraction of sp³-hybridized carbons (Fsp3) is 0.375. The average molecular weight is 284 g/mol. The second kappa shape index (κ2) is 6.10. The first-order valence-corrected chi connectivity index (χ1v) is 7.33. The second-order valence-electron chi connectivity index (χ2n) is 5.37. The van der Waals surface area contributed by atoms with E-state index in [1.165, 1.54) is 0 Å². The summed E-state index contributed by atoms with van der Waals surface area (Å²) in [6, 6.07) is 8.02. The molecular formula is C16H20N4O. The Labute approximate surface area is 124 Å². The molecule has 2 aromatic rings. The fourth-order valence-corrected chi connectivity index (χ4v) is 2.93. The minimum absolute atomic E-state index is 0.120. The monoisotopic (exact) mass is 284 g/mol. The summed E-state index contributed by atoms with van der Waals surface area (Å²) in [4.78, 5) is 18.8. The van der Waals surface area contributed by atoms with Gasteiger partial charge in [0.2, 0.25) is 0 Å². The van der Waals surface area contributed by atoms with Gasteiger partial charge in [-0.15, -0.1) is 0 Å². The number of benzene rings is 1. The van der Waals surface area contributed by atoms with Crippen molar-refractivity contribution in [2.24, 2.45) is 0 Å². The minimum atomic E-state index is 0.120. The van der Waals surface area contributed by atoms with Gasteiger partial charge in [-0.3, -0.25) is 4.79 Å². The zero-order valence-corrected chi connectivity index (χ0v) is 12.2. The Morgan fingerprint density at radius 2 is 2.38 bits per heavy atom. The van der Waals surface area contributed by atoms with E-state index in [-0.39, 0.29) is 5.91 Å². The summed E-state index contributed by atoms with van der Waals surface area (Å²) in [5.74, 6) is 0.120. The van der Waals surface area contributed by atoms with Gasteiger partial charge in [0.1, 0.15) is 0 Å². The number of likely N-dealkylation sites (tertiary alicyclic amines) is 1. The van der Waals surface area contributed by atoms with Crippen LogP contribution in [0.3, 0.4) is 0 Å². The zero-order valence-electron chi connectivity index (χ0n) is 12.2. The number of nitrogens with zero attached hydrogens (tertiary/aromatic N) is 3. The average Bonchev–Trinajstić information content (AvgIpc) is 3.18. The molecule has 3 rings (SSSR count). The largest absolute Gasteiger partial charge is 0.334 e. The van der Waals surface area contributed by atoms with Crippen LogP contribution in [0.25, 0.3) is 5.69 Å². The summed E-state index contributed by atoms with van der Waals surface area (Å²) in [6.07, 6.45) is 7.51. The highest BCUT2D eigenvalue weighted by Gasteiger charge is 2.28. The highest BCUT2D eigenvalue weighted by molar-refractivity contribution is 5.95. The molecule has 1 saturated heterocycles. The molecule has 1 fully saturated rings. The van der Waals surface area contributed by atoms with Gasteiger partial charge in [-0.1, -0.05) is 6.07 Å². The van der Waals surface area contributed by atoms with Crippen LogP contribution in [-0.2, 0) is 0 Å². The second-order valence-corrected chi connectivity index (χ2v) is 5.37. The summed E-state index contributed by atoms with van der Waals surface area (Å²) in [5.41, 5.74) is 1.70. The molecule has 0 saturated carbocycles. The van der Waals surface area contributed by atoms with Gasteiger partial charge in [-0.05, 0) is 38.1 Å². The fourth-order valence-electron chi connectivity index (χ4n) is 2.93. The maximum Gasteiger partial charge on any atom is 0.254 e. The van der Waals surface area contributed by atoms with Gasteiger partial charge in [0.05, 0.1) is 6.33 Å². The molecule has 1 aromatic carbocycles. The van der Waals surface area contributed by atoms with Gasteiger partial charge in [0.15, 0.2) is 0 Å². The van der Waals surface area contributed by atoms with E-state index in [0.717, 1.165) is 37.2 Å². The van der Waals surface area contributed by atoms with Crippen LogP contribution in [0.5, 0.6) is 0 Å². The van der Waals surface area contributed by atoms with Gasteiger partial charge >= 0.3 is 0 Å². The molecule has 1 N–H and O–H groups in total. The SMILES string of the molecule is CNCC1CCCN1C(=O)c1cccc(-n2ccnc2)c1. The predicted octanol–water partition coefficient (Wildman–Crippen LogP) is 1.70. The number of hydrogen-bond acceptors (Lipinski definition) is 3. The predicted molar refractivity (Wildman–Crippen MR) is 81.5 cm³/mol. The lowest BCUT2D eigenvalue weighted by atomic mass is 10.1. The number of aromatic nitrogens is 2. The van der Waals surface area contributed by atoms with E-state index in [0.29, 0.717) is 6.04 Å². The third-order valence-corrected chi connectivity index (χ3v) is 3.97. The topological polar surface area (TPSA) is 50.2 Å². The number of amides is 1. The Morgan fingerprint density at radius 1 is 1.48 bits per heavy atom. The van der Waals surface area contributed by atoms with Crippen LogP contribution in [0.1, 0.15) is 23.2 Å². The van der Waals surface area contributed by atoms with Crippen molar-refractivity contribution in [2.45, 2.75) is 18.9 Å². The Balaban J connectivity index is 1.83. The third-order valence-electron chi connectivity index (χ3n) is 3.97. The van der Waals surface area contributed by atoms with E-state index in [2.05, 4.69) is 10.3 Å². The first-order chi connectivity index (χ1) is 10.3. The van der Waals surface area contributed by atoms with Crippen molar-refractivity contribution in [1.29, 1.82) is 0 Å². The van der Waals surface area contributed by atoms with Crippen LogP contribution < -0.4 is 5.32 Å². The molecule has 2 heterocycles. The van der Waals surface area contributed by atoms with E-state index >= 15 is 0 Å². The Bertz CT molecular complexity index is 608. The molecular weight excluding hydrogens is 264 g/mol. The standard InChI is InChI=1S/C16H20N4O/c1-17-11-15-6-3-8-20(15)16(21)13-4-2-5-14(10-13)19-9-7-18-12-19/h2,4-5,7,9-10,12,15,17H,3,6,8,11H2,1H3. The maximum absolute atomic E-state index is 12.7. The number of hydrogen-bond donors (Lipinski definition) is 1. The molecule has 110 valence electrons. The highest BCUT2D eigenvalue weighted by Crippen LogP contribution is 2.20. The van der Waals surface area contributed by atoms with Crippen molar-refractivity contribution in [3.63, 3.8) is 0 Å². The van der Waals surface area contributed by atoms with E-state index in [4.69, 9.17) is 0 Å². The van der Waals surface area contributed by atoms with Crippen molar-refractivity contribution in [3.05, 3.63) is 48.5 Å². The Morgan fingerprint density at radius 3 is 3.14 bits per heavy atom. The van der Waals surface area contributed by atoms with Crippen molar-refractivity contribution >= 4 is 5.91 Å².